The van der Waals surface area contributed by atoms with Crippen LogP contribution in [0.15, 0.2) is 18.2 Å². The number of nitrogens with one attached hydrogen (secondary N) is 1. The molecule has 4 nitrogen and oxygen atoms in total. The Morgan fingerprint density at radius 3 is 2.76 bits per heavy atom. The van der Waals surface area contributed by atoms with Crippen LogP contribution in [0.3, 0.4) is 0 Å². The van der Waals surface area contributed by atoms with Crippen molar-refractivity contribution < 1.29 is 14.6 Å². The topological polar surface area (TPSA) is 50.7 Å². The van der Waals surface area contributed by atoms with E-state index in [4.69, 9.17) is 9.47 Å². The molecule has 2 heterocycles. The SMILES string of the molecule is OC1(c2ccc3c(c2)OCCO3)CCCNC1. The summed E-state index contributed by atoms with van der Waals surface area (Å²) in [5.41, 5.74) is 0.141. The maximum atomic E-state index is 10.6. The predicted octanol–water partition coefficient (Wildman–Crippen LogP) is 1.03. The molecule has 0 aliphatic carbocycles. The maximum Gasteiger partial charge on any atom is 0.161 e. The van der Waals surface area contributed by atoms with E-state index in [-0.39, 0.29) is 0 Å². The molecule has 0 radical (unpaired) electrons. The van der Waals surface area contributed by atoms with E-state index < -0.39 is 5.60 Å². The largest absolute Gasteiger partial charge is 0.486 e. The predicted molar refractivity (Wildman–Crippen MR) is 63.4 cm³/mol. The first-order valence-corrected chi connectivity index (χ1v) is 6.11. The number of hydrogen-bond acceptors (Lipinski definition) is 4. The van der Waals surface area contributed by atoms with E-state index in [1.54, 1.807) is 0 Å². The molecule has 2 aliphatic heterocycles. The fourth-order valence-electron chi connectivity index (χ4n) is 2.47. The van der Waals surface area contributed by atoms with Gasteiger partial charge >= 0.3 is 0 Å². The summed E-state index contributed by atoms with van der Waals surface area (Å²) in [5, 5.41) is 13.8. The summed E-state index contributed by atoms with van der Waals surface area (Å²) < 4.78 is 11.0. The van der Waals surface area contributed by atoms with E-state index in [9.17, 15) is 5.11 Å². The minimum absolute atomic E-state index is 0.577. The van der Waals surface area contributed by atoms with Gasteiger partial charge in [0, 0.05) is 6.54 Å². The van der Waals surface area contributed by atoms with Crippen molar-refractivity contribution in [2.45, 2.75) is 18.4 Å². The lowest BCUT2D eigenvalue weighted by Gasteiger charge is -2.33. The first-order chi connectivity index (χ1) is 8.28. The molecule has 0 spiro atoms. The second kappa shape index (κ2) is 4.20. The second-order valence-corrected chi connectivity index (χ2v) is 4.67. The van der Waals surface area contributed by atoms with E-state index >= 15 is 0 Å². The summed E-state index contributed by atoms with van der Waals surface area (Å²) in [5.74, 6) is 1.51. The number of rotatable bonds is 1. The van der Waals surface area contributed by atoms with Crippen LogP contribution in [0.1, 0.15) is 18.4 Å². The standard InChI is InChI=1S/C13H17NO3/c15-13(4-1-5-14-9-13)10-2-3-11-12(8-10)17-7-6-16-11/h2-3,8,14-15H,1,4-7,9H2. The van der Waals surface area contributed by atoms with Gasteiger partial charge in [-0.2, -0.15) is 0 Å². The molecule has 1 atom stereocenters. The van der Waals surface area contributed by atoms with Gasteiger partial charge in [0.05, 0.1) is 0 Å². The van der Waals surface area contributed by atoms with Crippen LogP contribution in [-0.4, -0.2) is 31.4 Å². The number of hydrogen-bond donors (Lipinski definition) is 2. The van der Waals surface area contributed by atoms with E-state index in [1.807, 2.05) is 18.2 Å². The molecule has 1 fully saturated rings. The Morgan fingerprint density at radius 1 is 1.18 bits per heavy atom. The minimum atomic E-state index is -0.770. The zero-order chi connectivity index (χ0) is 11.7. The molecule has 0 amide bonds. The first-order valence-electron chi connectivity index (χ1n) is 6.11. The third-order valence-electron chi connectivity index (χ3n) is 3.44. The number of aliphatic hydroxyl groups is 1. The van der Waals surface area contributed by atoms with Gasteiger partial charge in [-0.25, -0.2) is 0 Å². The van der Waals surface area contributed by atoms with Crippen LogP contribution in [0.5, 0.6) is 11.5 Å². The van der Waals surface area contributed by atoms with Gasteiger partial charge < -0.3 is 19.9 Å². The molecule has 92 valence electrons. The summed E-state index contributed by atoms with van der Waals surface area (Å²) in [6.07, 6.45) is 1.78. The fraction of sp³-hybridized carbons (Fsp3) is 0.538. The number of benzene rings is 1. The second-order valence-electron chi connectivity index (χ2n) is 4.67. The smallest absolute Gasteiger partial charge is 0.161 e. The molecule has 2 N–H and O–H groups in total. The van der Waals surface area contributed by atoms with Gasteiger partial charge in [-0.15, -0.1) is 0 Å². The molecule has 3 rings (SSSR count). The monoisotopic (exact) mass is 235 g/mol. The first kappa shape index (κ1) is 10.9. The normalized spacial score (nSPS) is 27.8. The molecular weight excluding hydrogens is 218 g/mol. The Bertz CT molecular complexity index is 413. The van der Waals surface area contributed by atoms with Crippen LogP contribution in [0.4, 0.5) is 0 Å². The zero-order valence-electron chi connectivity index (χ0n) is 9.74. The minimum Gasteiger partial charge on any atom is -0.486 e. The van der Waals surface area contributed by atoms with Crippen molar-refractivity contribution in [1.29, 1.82) is 0 Å². The quantitative estimate of drug-likeness (QED) is 0.763. The Labute approximate surface area is 101 Å². The molecule has 1 aromatic carbocycles. The van der Waals surface area contributed by atoms with Crippen molar-refractivity contribution in [2.75, 3.05) is 26.3 Å². The highest BCUT2D eigenvalue weighted by atomic mass is 16.6. The molecule has 0 saturated carbocycles. The molecule has 1 saturated heterocycles. The Hall–Kier alpha value is -1.26. The molecule has 0 bridgehead atoms. The average Bonchev–Trinajstić information content (AvgIpc) is 2.39. The van der Waals surface area contributed by atoms with Gasteiger partial charge in [-0.3, -0.25) is 0 Å². The van der Waals surface area contributed by atoms with Gasteiger partial charge in [0.25, 0.3) is 0 Å². The Kier molecular flexibility index (Phi) is 2.68. The maximum absolute atomic E-state index is 10.6. The molecule has 4 heteroatoms. The van der Waals surface area contributed by atoms with Crippen molar-refractivity contribution in [2.24, 2.45) is 0 Å². The van der Waals surface area contributed by atoms with Gasteiger partial charge in [0.15, 0.2) is 11.5 Å². The highest BCUT2D eigenvalue weighted by Gasteiger charge is 2.32. The number of piperidine rings is 1. The van der Waals surface area contributed by atoms with Crippen LogP contribution < -0.4 is 14.8 Å². The molecular formula is C13H17NO3. The lowest BCUT2D eigenvalue weighted by Crippen LogP contribution is -2.43. The van der Waals surface area contributed by atoms with Crippen molar-refractivity contribution in [3.63, 3.8) is 0 Å². The molecule has 2 aliphatic rings. The number of ether oxygens (including phenoxy) is 2. The molecule has 0 aromatic heterocycles. The Balaban J connectivity index is 1.92. The van der Waals surface area contributed by atoms with Gasteiger partial charge in [-0.05, 0) is 37.1 Å². The van der Waals surface area contributed by atoms with Crippen LogP contribution in [0.2, 0.25) is 0 Å². The summed E-state index contributed by atoms with van der Waals surface area (Å²) in [4.78, 5) is 0. The molecule has 17 heavy (non-hydrogen) atoms. The van der Waals surface area contributed by atoms with Gasteiger partial charge in [0.1, 0.15) is 18.8 Å². The Morgan fingerprint density at radius 2 is 2.00 bits per heavy atom. The summed E-state index contributed by atoms with van der Waals surface area (Å²) in [6.45, 7) is 2.75. The molecule has 1 aromatic rings. The summed E-state index contributed by atoms with van der Waals surface area (Å²) >= 11 is 0. The fourth-order valence-corrected chi connectivity index (χ4v) is 2.47. The third kappa shape index (κ3) is 1.98. The van der Waals surface area contributed by atoms with E-state index in [0.29, 0.717) is 19.8 Å². The van der Waals surface area contributed by atoms with Crippen LogP contribution in [0.25, 0.3) is 0 Å². The van der Waals surface area contributed by atoms with Crippen molar-refractivity contribution in [3.05, 3.63) is 23.8 Å². The van der Waals surface area contributed by atoms with Crippen molar-refractivity contribution in [3.8, 4) is 11.5 Å². The summed E-state index contributed by atoms with van der Waals surface area (Å²) in [7, 11) is 0. The lowest BCUT2D eigenvalue weighted by molar-refractivity contribution is 0.0118. The van der Waals surface area contributed by atoms with Crippen LogP contribution in [-0.2, 0) is 5.60 Å². The van der Waals surface area contributed by atoms with Crippen LogP contribution >= 0.6 is 0 Å². The van der Waals surface area contributed by atoms with E-state index in [1.165, 1.54) is 0 Å². The summed E-state index contributed by atoms with van der Waals surface area (Å²) in [6, 6.07) is 5.72. The highest BCUT2D eigenvalue weighted by Crippen LogP contribution is 2.36. The van der Waals surface area contributed by atoms with E-state index in [0.717, 1.165) is 36.4 Å². The van der Waals surface area contributed by atoms with Gasteiger partial charge in [0.2, 0.25) is 0 Å². The third-order valence-corrected chi connectivity index (χ3v) is 3.44. The van der Waals surface area contributed by atoms with Crippen LogP contribution in [0, 0.1) is 0 Å². The van der Waals surface area contributed by atoms with Gasteiger partial charge in [-0.1, -0.05) is 6.07 Å². The lowest BCUT2D eigenvalue weighted by atomic mass is 9.86. The average molecular weight is 235 g/mol. The molecule has 1 unspecified atom stereocenters. The van der Waals surface area contributed by atoms with Crippen molar-refractivity contribution in [1.82, 2.24) is 5.32 Å². The zero-order valence-corrected chi connectivity index (χ0v) is 9.74. The van der Waals surface area contributed by atoms with Crippen molar-refractivity contribution >= 4 is 0 Å². The number of β-amino-alcohol motifs (C(OH)–C–C–N with tert-alkyl or cyclic N) is 1. The number of fused-ring (bicyclic) bond motifs is 1. The highest BCUT2D eigenvalue weighted by molar-refractivity contribution is 5.45. The van der Waals surface area contributed by atoms with E-state index in [2.05, 4.69) is 5.32 Å².